The van der Waals surface area contributed by atoms with E-state index in [0.29, 0.717) is 23.4 Å². The number of nitrogens with one attached hydrogen (secondary N) is 1. The van der Waals surface area contributed by atoms with E-state index in [1.165, 1.54) is 43.2 Å². The summed E-state index contributed by atoms with van der Waals surface area (Å²) in [5.74, 6) is 2.43. The number of fused-ring (bicyclic) bond motifs is 7. The monoisotopic (exact) mass is 411 g/mol. The van der Waals surface area contributed by atoms with Gasteiger partial charge in [0, 0.05) is 10.2 Å². The minimum atomic E-state index is -0.248. The van der Waals surface area contributed by atoms with E-state index in [4.69, 9.17) is 4.74 Å². The normalized spacial score (nSPS) is 31.1. The smallest absolute Gasteiger partial charge is 0.337 e. The first-order valence-electron chi connectivity index (χ1n) is 9.40. The second-order valence-electron chi connectivity index (χ2n) is 7.90. The highest BCUT2D eigenvalue weighted by Crippen LogP contribution is 2.63. The topological polar surface area (TPSA) is 38.3 Å². The maximum Gasteiger partial charge on any atom is 0.337 e. The number of anilines is 1. The second-order valence-corrected chi connectivity index (χ2v) is 8.82. The molecule has 3 aliphatic rings. The van der Waals surface area contributed by atoms with Crippen molar-refractivity contribution in [1.82, 2.24) is 0 Å². The summed E-state index contributed by atoms with van der Waals surface area (Å²) in [4.78, 5) is 12.0. The third kappa shape index (κ3) is 2.42. The summed E-state index contributed by atoms with van der Waals surface area (Å²) < 4.78 is 6.05. The lowest BCUT2D eigenvalue weighted by Crippen LogP contribution is -2.35. The molecule has 0 amide bonds. The molecule has 0 saturated heterocycles. The predicted octanol–water partition coefficient (Wildman–Crippen LogP) is 5.53. The van der Waals surface area contributed by atoms with Crippen LogP contribution in [0.15, 0.2) is 46.9 Å². The van der Waals surface area contributed by atoms with Crippen LogP contribution in [0.5, 0.6) is 0 Å². The van der Waals surface area contributed by atoms with Gasteiger partial charge in [0.25, 0.3) is 0 Å². The average molecular weight is 412 g/mol. The summed E-state index contributed by atoms with van der Waals surface area (Å²) in [6.45, 7) is 0. The van der Waals surface area contributed by atoms with Crippen LogP contribution in [0, 0.1) is 17.8 Å². The molecular weight excluding hydrogens is 390 g/mol. The van der Waals surface area contributed by atoms with Crippen molar-refractivity contribution in [1.29, 1.82) is 0 Å². The van der Waals surface area contributed by atoms with Gasteiger partial charge in [0.05, 0.1) is 18.7 Å². The number of hydrogen-bond donors (Lipinski definition) is 1. The van der Waals surface area contributed by atoms with Gasteiger partial charge in [-0.15, -0.1) is 0 Å². The van der Waals surface area contributed by atoms with Gasteiger partial charge < -0.3 is 10.1 Å². The van der Waals surface area contributed by atoms with Crippen LogP contribution in [0.25, 0.3) is 0 Å². The number of ether oxygens (including phenoxy) is 1. The van der Waals surface area contributed by atoms with Crippen LogP contribution in [0.2, 0.25) is 0 Å². The van der Waals surface area contributed by atoms with Gasteiger partial charge in [-0.25, -0.2) is 4.79 Å². The van der Waals surface area contributed by atoms with E-state index in [1.807, 2.05) is 6.07 Å². The van der Waals surface area contributed by atoms with E-state index in [1.54, 1.807) is 0 Å². The molecule has 2 bridgehead atoms. The summed E-state index contributed by atoms with van der Waals surface area (Å²) in [5, 5.41) is 3.81. The van der Waals surface area contributed by atoms with E-state index in [-0.39, 0.29) is 5.97 Å². The Hall–Kier alpha value is -1.81. The quantitative estimate of drug-likeness (QED) is 0.659. The maximum absolute atomic E-state index is 12.0. The molecular formula is C22H22BrNO2. The van der Waals surface area contributed by atoms with E-state index in [0.717, 1.165) is 16.3 Å². The number of hydrogen-bond acceptors (Lipinski definition) is 3. The molecule has 5 rings (SSSR count). The maximum atomic E-state index is 12.0. The molecule has 1 aliphatic heterocycles. The molecule has 0 aromatic heterocycles. The van der Waals surface area contributed by atoms with Gasteiger partial charge in [0.1, 0.15) is 0 Å². The number of esters is 1. The van der Waals surface area contributed by atoms with Gasteiger partial charge in [-0.3, -0.25) is 0 Å². The fourth-order valence-corrected chi connectivity index (χ4v) is 6.00. The molecule has 2 saturated carbocycles. The standard InChI is InChI=1S/C22H22BrNO2/c1-26-22(25)15-6-9-18-17(11-15)19-13-2-3-14(10-13)20(19)21(24-18)12-4-7-16(23)8-5-12/h4-9,11,13-14,19-21,24H,2-3,10H2,1H3. The SMILES string of the molecule is COC(=O)c1ccc2c(c1)C1C3CCC(C3)C1C(c1ccc(Br)cc1)N2. The average Bonchev–Trinajstić information content (AvgIpc) is 3.29. The molecule has 26 heavy (non-hydrogen) atoms. The Morgan fingerprint density at radius 1 is 1.12 bits per heavy atom. The predicted molar refractivity (Wildman–Crippen MR) is 105 cm³/mol. The molecule has 2 aromatic rings. The fourth-order valence-electron chi connectivity index (χ4n) is 5.73. The fraction of sp³-hybridized carbons (Fsp3) is 0.409. The van der Waals surface area contributed by atoms with Gasteiger partial charge in [0.15, 0.2) is 0 Å². The minimum Gasteiger partial charge on any atom is -0.465 e. The molecule has 3 nitrogen and oxygen atoms in total. The number of methoxy groups -OCH3 is 1. The lowest BCUT2D eigenvalue weighted by atomic mass is 9.68. The van der Waals surface area contributed by atoms with Crippen molar-refractivity contribution < 1.29 is 9.53 Å². The highest BCUT2D eigenvalue weighted by atomic mass is 79.9. The molecule has 2 fully saturated rings. The summed E-state index contributed by atoms with van der Waals surface area (Å²) in [6.07, 6.45) is 3.99. The summed E-state index contributed by atoms with van der Waals surface area (Å²) in [5.41, 5.74) is 4.52. The Bertz CT molecular complexity index is 863. The zero-order valence-electron chi connectivity index (χ0n) is 14.7. The van der Waals surface area contributed by atoms with Crippen molar-refractivity contribution in [2.24, 2.45) is 17.8 Å². The molecule has 5 atom stereocenters. The van der Waals surface area contributed by atoms with Gasteiger partial charge in [-0.1, -0.05) is 28.1 Å². The summed E-state index contributed by atoms with van der Waals surface area (Å²) in [7, 11) is 1.45. The molecule has 1 N–H and O–H groups in total. The van der Waals surface area contributed by atoms with Gasteiger partial charge in [-0.2, -0.15) is 0 Å². The number of rotatable bonds is 2. The van der Waals surface area contributed by atoms with Gasteiger partial charge in [-0.05, 0) is 84.4 Å². The number of carbonyl (C=O) groups excluding carboxylic acids is 1. The Morgan fingerprint density at radius 3 is 2.65 bits per heavy atom. The molecule has 2 aliphatic carbocycles. The third-order valence-electron chi connectivity index (χ3n) is 6.74. The molecule has 134 valence electrons. The Morgan fingerprint density at radius 2 is 1.88 bits per heavy atom. The van der Waals surface area contributed by atoms with E-state index in [2.05, 4.69) is 57.6 Å². The molecule has 2 aromatic carbocycles. The van der Waals surface area contributed by atoms with Crippen molar-refractivity contribution in [2.45, 2.75) is 31.2 Å². The summed E-state index contributed by atoms with van der Waals surface area (Å²) >= 11 is 3.55. The number of benzene rings is 2. The summed E-state index contributed by atoms with van der Waals surface area (Å²) in [6, 6.07) is 15.1. The van der Waals surface area contributed by atoms with Crippen molar-refractivity contribution in [3.63, 3.8) is 0 Å². The van der Waals surface area contributed by atoms with Crippen LogP contribution in [0.3, 0.4) is 0 Å². The lowest BCUT2D eigenvalue weighted by molar-refractivity contribution is 0.0600. The van der Waals surface area contributed by atoms with Crippen LogP contribution in [0.4, 0.5) is 5.69 Å². The zero-order valence-corrected chi connectivity index (χ0v) is 16.3. The molecule has 5 unspecified atom stereocenters. The largest absolute Gasteiger partial charge is 0.465 e. The molecule has 1 heterocycles. The highest BCUT2D eigenvalue weighted by Gasteiger charge is 2.53. The van der Waals surface area contributed by atoms with E-state index >= 15 is 0 Å². The van der Waals surface area contributed by atoms with Crippen molar-refractivity contribution >= 4 is 27.6 Å². The Kier molecular flexibility index (Phi) is 3.85. The van der Waals surface area contributed by atoms with Crippen LogP contribution in [-0.4, -0.2) is 13.1 Å². The van der Waals surface area contributed by atoms with Crippen molar-refractivity contribution in [2.75, 3.05) is 12.4 Å². The first-order valence-corrected chi connectivity index (χ1v) is 10.2. The van der Waals surface area contributed by atoms with Crippen LogP contribution in [0.1, 0.15) is 52.7 Å². The lowest BCUT2D eigenvalue weighted by Gasteiger charge is -2.43. The molecule has 4 heteroatoms. The molecule has 0 spiro atoms. The highest BCUT2D eigenvalue weighted by molar-refractivity contribution is 9.10. The van der Waals surface area contributed by atoms with Crippen LogP contribution >= 0.6 is 15.9 Å². The van der Waals surface area contributed by atoms with Crippen molar-refractivity contribution in [3.8, 4) is 0 Å². The van der Waals surface area contributed by atoms with E-state index in [9.17, 15) is 4.79 Å². The van der Waals surface area contributed by atoms with Gasteiger partial charge >= 0.3 is 5.97 Å². The van der Waals surface area contributed by atoms with Crippen LogP contribution < -0.4 is 5.32 Å². The Balaban J connectivity index is 1.60. The zero-order chi connectivity index (χ0) is 17.8. The minimum absolute atomic E-state index is 0.248. The van der Waals surface area contributed by atoms with Crippen LogP contribution in [-0.2, 0) is 4.74 Å². The third-order valence-corrected chi connectivity index (χ3v) is 7.27. The molecule has 0 radical (unpaired) electrons. The van der Waals surface area contributed by atoms with E-state index < -0.39 is 0 Å². The Labute approximate surface area is 162 Å². The second kappa shape index (κ2) is 6.12. The van der Waals surface area contributed by atoms with Gasteiger partial charge in [0.2, 0.25) is 0 Å². The van der Waals surface area contributed by atoms with Crippen molar-refractivity contribution in [3.05, 3.63) is 63.6 Å². The number of carbonyl (C=O) groups is 1. The number of halogens is 1. The first kappa shape index (κ1) is 16.4. The first-order chi connectivity index (χ1) is 12.7.